The Morgan fingerprint density at radius 1 is 0.875 bits per heavy atom. The van der Waals surface area contributed by atoms with E-state index in [1.165, 1.54) is 30.1 Å². The maximum atomic E-state index is 13.8. The van der Waals surface area contributed by atoms with Gasteiger partial charge in [-0.1, -0.05) is 41.6 Å². The van der Waals surface area contributed by atoms with E-state index in [4.69, 9.17) is 4.84 Å². The van der Waals surface area contributed by atoms with Crippen LogP contribution in [0, 0.1) is 0 Å². The number of aryl methyl sites for hydroxylation is 1. The third kappa shape index (κ3) is 4.52. The van der Waals surface area contributed by atoms with Gasteiger partial charge < -0.3 is 4.57 Å². The van der Waals surface area contributed by atoms with Crippen LogP contribution in [0.2, 0.25) is 0 Å². The zero-order valence-electron chi connectivity index (χ0n) is 21.4. The van der Waals surface area contributed by atoms with Crippen LogP contribution in [0.1, 0.15) is 38.1 Å². The summed E-state index contributed by atoms with van der Waals surface area (Å²) < 4.78 is 3.27. The van der Waals surface area contributed by atoms with Gasteiger partial charge >= 0.3 is 6.09 Å². The Morgan fingerprint density at radius 2 is 1.60 bits per heavy atom. The number of hydrogen-bond donors (Lipinski definition) is 0. The molecule has 3 aromatic heterocycles. The predicted octanol–water partition coefficient (Wildman–Crippen LogP) is 6.58. The van der Waals surface area contributed by atoms with Crippen molar-refractivity contribution in [3.8, 4) is 0 Å². The van der Waals surface area contributed by atoms with Crippen molar-refractivity contribution >= 4 is 56.5 Å². The maximum absolute atomic E-state index is 13.8. The molecule has 0 saturated carbocycles. The lowest BCUT2D eigenvalue weighted by molar-refractivity contribution is 0.103. The minimum atomic E-state index is -0.789. The molecule has 0 unspecified atom stereocenters. The number of ketones is 2. The first kappa shape index (κ1) is 25.1. The minimum Gasteiger partial charge on any atom is -0.341 e. The molecule has 6 aromatic rings. The molecule has 6 rings (SSSR count). The molecule has 40 heavy (non-hydrogen) atoms. The molecule has 0 fully saturated rings. The smallest absolute Gasteiger partial charge is 0.341 e. The summed E-state index contributed by atoms with van der Waals surface area (Å²) in [5, 5.41) is 7.57. The molecule has 0 N–H and O–H groups in total. The van der Waals surface area contributed by atoms with Gasteiger partial charge in [-0.15, -0.1) is 11.3 Å². The monoisotopic (exact) mass is 546 g/mol. The average molecular weight is 547 g/mol. The Bertz CT molecular complexity index is 1900. The van der Waals surface area contributed by atoms with Crippen LogP contribution in [0.15, 0.2) is 108 Å². The van der Waals surface area contributed by atoms with Crippen LogP contribution in [-0.2, 0) is 11.4 Å². The summed E-state index contributed by atoms with van der Waals surface area (Å²) in [7, 11) is 0. The summed E-state index contributed by atoms with van der Waals surface area (Å²) >= 11 is 1.40. The Labute approximate surface area is 232 Å². The Morgan fingerprint density at radius 3 is 2.25 bits per heavy atom. The number of nitrogens with zero attached hydrogens (tertiary/aromatic N) is 4. The zero-order chi connectivity index (χ0) is 27.6. The topological polar surface area (TPSA) is 95.6 Å². The van der Waals surface area contributed by atoms with Gasteiger partial charge in [0.1, 0.15) is 6.33 Å². The highest BCUT2D eigenvalue weighted by atomic mass is 32.1. The van der Waals surface area contributed by atoms with Gasteiger partial charge in [0.25, 0.3) is 0 Å². The van der Waals surface area contributed by atoms with E-state index in [2.05, 4.69) is 21.6 Å². The highest BCUT2D eigenvalue weighted by Gasteiger charge is 2.21. The number of Topliss-reactive ketones (excluding diaryl/α,β-unsaturated/α-hetero) is 1. The lowest BCUT2D eigenvalue weighted by Crippen LogP contribution is -2.18. The SMILES string of the molecule is CCn1c2ccc(C(=O)/C(=N/OC(=O)n3ccnc3)c3ccccc3)cc2c2cc(C(=O)c3cccs3)ccc21. The van der Waals surface area contributed by atoms with E-state index in [-0.39, 0.29) is 11.5 Å². The van der Waals surface area contributed by atoms with Crippen molar-refractivity contribution < 1.29 is 19.2 Å². The van der Waals surface area contributed by atoms with Gasteiger partial charge in [-0.3, -0.25) is 14.4 Å². The lowest BCUT2D eigenvalue weighted by Gasteiger charge is -2.07. The van der Waals surface area contributed by atoms with Crippen LogP contribution in [0.4, 0.5) is 4.79 Å². The summed E-state index contributed by atoms with van der Waals surface area (Å²) in [5.74, 6) is -0.450. The van der Waals surface area contributed by atoms with Crippen LogP contribution in [0.3, 0.4) is 0 Å². The van der Waals surface area contributed by atoms with E-state index in [9.17, 15) is 14.4 Å². The Balaban J connectivity index is 1.44. The van der Waals surface area contributed by atoms with Crippen LogP contribution >= 0.6 is 11.3 Å². The predicted molar refractivity (Wildman–Crippen MR) is 154 cm³/mol. The van der Waals surface area contributed by atoms with E-state index in [0.717, 1.165) is 26.4 Å². The lowest BCUT2D eigenvalue weighted by atomic mass is 9.98. The minimum absolute atomic E-state index is 0.0128. The number of thiophene rings is 1. The molecule has 8 nitrogen and oxygen atoms in total. The number of aromatic nitrogens is 3. The molecule has 0 radical (unpaired) electrons. The van der Waals surface area contributed by atoms with Crippen molar-refractivity contribution in [3.63, 3.8) is 0 Å². The first-order valence-corrected chi connectivity index (χ1v) is 13.4. The summed E-state index contributed by atoms with van der Waals surface area (Å²) in [5.41, 5.74) is 3.36. The number of hydrogen-bond acceptors (Lipinski definition) is 7. The van der Waals surface area contributed by atoms with E-state index in [1.807, 2.05) is 53.9 Å². The van der Waals surface area contributed by atoms with Crippen molar-refractivity contribution in [2.75, 3.05) is 0 Å². The van der Waals surface area contributed by atoms with E-state index < -0.39 is 11.9 Å². The van der Waals surface area contributed by atoms with Gasteiger partial charge in [-0.25, -0.2) is 14.3 Å². The van der Waals surface area contributed by atoms with Crippen molar-refractivity contribution in [2.24, 2.45) is 5.16 Å². The molecule has 0 spiro atoms. The molecule has 0 aliphatic heterocycles. The Kier molecular flexibility index (Phi) is 6.63. The van der Waals surface area contributed by atoms with Crippen molar-refractivity contribution in [1.82, 2.24) is 14.1 Å². The molecule has 0 amide bonds. The molecule has 0 aliphatic carbocycles. The zero-order valence-corrected chi connectivity index (χ0v) is 22.2. The van der Waals surface area contributed by atoms with Gasteiger partial charge in [-0.05, 0) is 54.8 Å². The fourth-order valence-corrected chi connectivity index (χ4v) is 5.42. The van der Waals surface area contributed by atoms with Crippen molar-refractivity contribution in [3.05, 3.63) is 125 Å². The highest BCUT2D eigenvalue weighted by molar-refractivity contribution is 7.12. The van der Waals surface area contributed by atoms with E-state index in [1.54, 1.807) is 30.3 Å². The van der Waals surface area contributed by atoms with Gasteiger partial charge in [-0.2, -0.15) is 0 Å². The van der Waals surface area contributed by atoms with Crippen LogP contribution < -0.4 is 0 Å². The third-order valence-corrected chi connectivity index (χ3v) is 7.51. The second-order valence-corrected chi connectivity index (χ2v) is 9.92. The highest BCUT2D eigenvalue weighted by Crippen LogP contribution is 2.32. The van der Waals surface area contributed by atoms with Gasteiger partial charge in [0, 0.05) is 57.4 Å². The molecule has 0 bridgehead atoms. The standard InChI is InChI=1S/C31H22N4O4S/c1-2-35-25-12-10-21(29(36)27-9-6-16-40-27)17-23(25)24-18-22(11-13-26(24)35)30(37)28(20-7-4-3-5-8-20)33-39-31(38)34-15-14-32-19-34/h3-19H,2H2,1H3/b33-28+. The molecular weight excluding hydrogens is 524 g/mol. The summed E-state index contributed by atoms with van der Waals surface area (Å²) in [6.07, 6.45) is 3.37. The summed E-state index contributed by atoms with van der Waals surface area (Å²) in [4.78, 5) is 48.9. The quantitative estimate of drug-likeness (QED) is 0.0976. The molecule has 3 heterocycles. The van der Waals surface area contributed by atoms with Gasteiger partial charge in [0.15, 0.2) is 5.71 Å². The molecule has 9 heteroatoms. The first-order valence-electron chi connectivity index (χ1n) is 12.6. The van der Waals surface area contributed by atoms with Crippen LogP contribution in [0.25, 0.3) is 21.8 Å². The number of carbonyl (C=O) groups is 3. The van der Waals surface area contributed by atoms with Crippen LogP contribution in [-0.4, -0.2) is 37.5 Å². The van der Waals surface area contributed by atoms with Gasteiger partial charge in [0.05, 0.1) is 4.88 Å². The number of rotatable bonds is 7. The van der Waals surface area contributed by atoms with E-state index in [0.29, 0.717) is 28.1 Å². The van der Waals surface area contributed by atoms with Crippen LogP contribution in [0.5, 0.6) is 0 Å². The summed E-state index contributed by atoms with van der Waals surface area (Å²) in [6, 6.07) is 23.6. The molecule has 0 saturated heterocycles. The normalized spacial score (nSPS) is 11.7. The number of imidazole rings is 1. The fourth-order valence-electron chi connectivity index (χ4n) is 4.73. The Hall–Kier alpha value is -5.15. The number of benzene rings is 3. The maximum Gasteiger partial charge on any atom is 0.445 e. The fraction of sp³-hybridized carbons (Fsp3) is 0.0645. The van der Waals surface area contributed by atoms with Crippen molar-refractivity contribution in [1.29, 1.82) is 0 Å². The number of carbonyl (C=O) groups excluding carboxylic acids is 3. The molecule has 3 aromatic carbocycles. The second-order valence-electron chi connectivity index (χ2n) is 8.98. The first-order chi connectivity index (χ1) is 19.5. The largest absolute Gasteiger partial charge is 0.445 e. The van der Waals surface area contributed by atoms with Gasteiger partial charge in [0.2, 0.25) is 11.6 Å². The summed E-state index contributed by atoms with van der Waals surface area (Å²) in [6.45, 7) is 2.77. The molecule has 196 valence electrons. The third-order valence-electron chi connectivity index (χ3n) is 6.64. The number of fused-ring (bicyclic) bond motifs is 3. The van der Waals surface area contributed by atoms with E-state index >= 15 is 0 Å². The average Bonchev–Trinajstić information content (AvgIpc) is 3.78. The molecule has 0 atom stereocenters. The van der Waals surface area contributed by atoms with Crippen molar-refractivity contribution in [2.45, 2.75) is 13.5 Å². The second kappa shape index (κ2) is 10.5. The molecule has 0 aliphatic rings. The molecular formula is C31H22N4O4S. The number of oxime groups is 1.